The van der Waals surface area contributed by atoms with Crippen LogP contribution in [0.15, 0.2) is 42.5 Å². The van der Waals surface area contributed by atoms with Crippen LogP contribution < -0.4 is 0 Å². The van der Waals surface area contributed by atoms with Crippen molar-refractivity contribution in [1.29, 1.82) is 0 Å². The van der Waals surface area contributed by atoms with Gasteiger partial charge in [0.05, 0.1) is 5.60 Å². The first-order valence-electron chi connectivity index (χ1n) is 8.88. The number of phenolic OH excluding ortho intramolecular Hbond substituents is 1. The average Bonchev–Trinajstić information content (AvgIpc) is 2.59. The first-order valence-corrected chi connectivity index (χ1v) is 8.88. The van der Waals surface area contributed by atoms with E-state index >= 15 is 0 Å². The Morgan fingerprint density at radius 3 is 2.36 bits per heavy atom. The van der Waals surface area contributed by atoms with Crippen LogP contribution in [0.4, 0.5) is 4.39 Å². The van der Waals surface area contributed by atoms with Gasteiger partial charge in [-0.15, -0.1) is 0 Å². The van der Waals surface area contributed by atoms with Crippen LogP contribution in [-0.2, 0) is 12.0 Å². The molecule has 1 aliphatic heterocycles. The molecule has 134 valence electrons. The lowest BCUT2D eigenvalue weighted by molar-refractivity contribution is -0.0339. The zero-order valence-electron chi connectivity index (χ0n) is 14.9. The third kappa shape index (κ3) is 4.02. The molecule has 1 heterocycles. The number of hydrogen-bond acceptors (Lipinski definition) is 3. The highest BCUT2D eigenvalue weighted by molar-refractivity contribution is 5.35. The number of aliphatic hydroxyl groups is 1. The van der Waals surface area contributed by atoms with Crippen molar-refractivity contribution in [3.63, 3.8) is 0 Å². The number of phenols is 1. The van der Waals surface area contributed by atoms with Gasteiger partial charge in [0.2, 0.25) is 0 Å². The van der Waals surface area contributed by atoms with Crippen molar-refractivity contribution in [2.24, 2.45) is 0 Å². The van der Waals surface area contributed by atoms with Crippen molar-refractivity contribution < 1.29 is 14.6 Å². The predicted molar refractivity (Wildman–Crippen MR) is 97.1 cm³/mol. The van der Waals surface area contributed by atoms with Gasteiger partial charge in [-0.25, -0.2) is 4.39 Å². The van der Waals surface area contributed by atoms with Gasteiger partial charge >= 0.3 is 0 Å². The van der Waals surface area contributed by atoms with Crippen LogP contribution in [0.1, 0.15) is 36.5 Å². The summed E-state index contributed by atoms with van der Waals surface area (Å²) < 4.78 is 13.1. The van der Waals surface area contributed by atoms with Crippen LogP contribution in [0.2, 0.25) is 0 Å². The maximum Gasteiger partial charge on any atom is 0.123 e. The quantitative estimate of drug-likeness (QED) is 0.888. The van der Waals surface area contributed by atoms with E-state index in [9.17, 15) is 14.6 Å². The highest BCUT2D eigenvalue weighted by Crippen LogP contribution is 2.33. The molecule has 0 spiro atoms. The fourth-order valence-electron chi connectivity index (χ4n) is 3.70. The Hall–Kier alpha value is -1.91. The monoisotopic (exact) mass is 343 g/mol. The number of aryl methyl sites for hydroxylation is 1. The van der Waals surface area contributed by atoms with Gasteiger partial charge in [-0.1, -0.05) is 24.3 Å². The van der Waals surface area contributed by atoms with Crippen LogP contribution in [-0.4, -0.2) is 34.2 Å². The third-order valence-electron chi connectivity index (χ3n) is 5.42. The number of aromatic hydroxyl groups is 1. The van der Waals surface area contributed by atoms with E-state index in [0.717, 1.165) is 30.6 Å². The van der Waals surface area contributed by atoms with Crippen molar-refractivity contribution in [2.75, 3.05) is 13.1 Å². The lowest BCUT2D eigenvalue weighted by Crippen LogP contribution is -2.46. The SMILES string of the molecule is Cc1cc(CC(C)N2CCC(O)(c3ccc(F)cc3)CC2)ccc1O. The lowest BCUT2D eigenvalue weighted by atomic mass is 9.84. The second-order valence-electron chi connectivity index (χ2n) is 7.25. The number of benzene rings is 2. The molecule has 4 heteroatoms. The molecule has 1 atom stereocenters. The Balaban J connectivity index is 1.61. The topological polar surface area (TPSA) is 43.7 Å². The molecule has 2 N–H and O–H groups in total. The number of halogens is 1. The molecule has 0 bridgehead atoms. The molecule has 0 radical (unpaired) electrons. The van der Waals surface area contributed by atoms with E-state index in [-0.39, 0.29) is 5.82 Å². The second-order valence-corrected chi connectivity index (χ2v) is 7.25. The van der Waals surface area contributed by atoms with Crippen molar-refractivity contribution in [2.45, 2.75) is 44.8 Å². The van der Waals surface area contributed by atoms with Crippen molar-refractivity contribution in [3.05, 3.63) is 65.0 Å². The number of hydrogen-bond donors (Lipinski definition) is 2. The second kappa shape index (κ2) is 7.14. The summed E-state index contributed by atoms with van der Waals surface area (Å²) in [6.45, 7) is 5.73. The Morgan fingerprint density at radius 2 is 1.76 bits per heavy atom. The fourth-order valence-corrected chi connectivity index (χ4v) is 3.70. The summed E-state index contributed by atoms with van der Waals surface area (Å²) in [4.78, 5) is 2.39. The van der Waals surface area contributed by atoms with Gasteiger partial charge in [0.1, 0.15) is 11.6 Å². The van der Waals surface area contributed by atoms with E-state index in [2.05, 4.69) is 11.8 Å². The summed E-state index contributed by atoms with van der Waals surface area (Å²) >= 11 is 0. The number of nitrogens with zero attached hydrogens (tertiary/aromatic N) is 1. The molecule has 2 aromatic carbocycles. The molecule has 0 aliphatic carbocycles. The molecule has 1 aliphatic rings. The van der Waals surface area contributed by atoms with E-state index in [4.69, 9.17) is 0 Å². The van der Waals surface area contributed by atoms with Gasteiger partial charge in [0.25, 0.3) is 0 Å². The molecule has 3 rings (SSSR count). The minimum absolute atomic E-state index is 0.275. The van der Waals surface area contributed by atoms with Gasteiger partial charge in [-0.3, -0.25) is 0 Å². The average molecular weight is 343 g/mol. The standard InChI is InChI=1S/C21H26FNO2/c1-15-13-17(3-8-20(15)24)14-16(2)23-11-9-21(25,10-12-23)18-4-6-19(22)7-5-18/h3-8,13,16,24-25H,9-12,14H2,1-2H3. The van der Waals surface area contributed by atoms with E-state index in [1.165, 1.54) is 17.7 Å². The summed E-state index contributed by atoms with van der Waals surface area (Å²) in [5, 5.41) is 20.6. The molecule has 1 fully saturated rings. The van der Waals surface area contributed by atoms with Crippen molar-refractivity contribution in [1.82, 2.24) is 4.90 Å². The first kappa shape index (κ1) is 17.9. The lowest BCUT2D eigenvalue weighted by Gasteiger charge is -2.41. The molecule has 2 aromatic rings. The predicted octanol–water partition coefficient (Wildman–Crippen LogP) is 3.75. The zero-order chi connectivity index (χ0) is 18.0. The Bertz CT molecular complexity index is 721. The highest BCUT2D eigenvalue weighted by atomic mass is 19.1. The molecular formula is C21H26FNO2. The largest absolute Gasteiger partial charge is 0.508 e. The van der Waals surface area contributed by atoms with Crippen LogP contribution in [0.25, 0.3) is 0 Å². The third-order valence-corrected chi connectivity index (χ3v) is 5.42. The normalized spacial score (nSPS) is 18.9. The molecule has 1 unspecified atom stereocenters. The molecule has 0 amide bonds. The summed E-state index contributed by atoms with van der Waals surface area (Å²) in [6, 6.07) is 12.3. The van der Waals surface area contributed by atoms with Gasteiger partial charge < -0.3 is 15.1 Å². The minimum Gasteiger partial charge on any atom is -0.508 e. The van der Waals surface area contributed by atoms with Crippen LogP contribution in [0.3, 0.4) is 0 Å². The summed E-state index contributed by atoms with van der Waals surface area (Å²) in [6.07, 6.45) is 2.21. The smallest absolute Gasteiger partial charge is 0.123 e. The molecule has 0 aromatic heterocycles. The number of rotatable bonds is 4. The van der Waals surface area contributed by atoms with E-state index in [1.807, 2.05) is 19.1 Å². The van der Waals surface area contributed by atoms with Crippen molar-refractivity contribution >= 4 is 0 Å². The van der Waals surface area contributed by atoms with E-state index in [1.54, 1.807) is 18.2 Å². The van der Waals surface area contributed by atoms with Crippen molar-refractivity contribution in [3.8, 4) is 5.75 Å². The first-order chi connectivity index (χ1) is 11.9. The molecular weight excluding hydrogens is 317 g/mol. The molecule has 3 nitrogen and oxygen atoms in total. The Kier molecular flexibility index (Phi) is 5.11. The molecule has 25 heavy (non-hydrogen) atoms. The number of piperidine rings is 1. The van der Waals surface area contributed by atoms with Gasteiger partial charge in [-0.05, 0) is 68.0 Å². The number of likely N-dealkylation sites (tertiary alicyclic amines) is 1. The van der Waals surface area contributed by atoms with E-state index < -0.39 is 5.60 Å². The van der Waals surface area contributed by atoms with E-state index in [0.29, 0.717) is 24.6 Å². The minimum atomic E-state index is -0.862. The zero-order valence-corrected chi connectivity index (χ0v) is 14.9. The summed E-state index contributed by atoms with van der Waals surface area (Å²) in [5.74, 6) is 0.0568. The molecule has 0 saturated carbocycles. The van der Waals surface area contributed by atoms with Gasteiger partial charge in [0, 0.05) is 19.1 Å². The van der Waals surface area contributed by atoms with Gasteiger partial charge in [0.15, 0.2) is 0 Å². The molecule has 1 saturated heterocycles. The highest BCUT2D eigenvalue weighted by Gasteiger charge is 2.35. The Morgan fingerprint density at radius 1 is 1.12 bits per heavy atom. The fraction of sp³-hybridized carbons (Fsp3) is 0.429. The van der Waals surface area contributed by atoms with Crippen LogP contribution in [0, 0.1) is 12.7 Å². The maximum atomic E-state index is 13.1. The van der Waals surface area contributed by atoms with Crippen LogP contribution in [0.5, 0.6) is 5.75 Å². The Labute approximate surface area is 148 Å². The van der Waals surface area contributed by atoms with Gasteiger partial charge in [-0.2, -0.15) is 0 Å². The summed E-state index contributed by atoms with van der Waals surface area (Å²) in [7, 11) is 0. The summed E-state index contributed by atoms with van der Waals surface area (Å²) in [5.41, 5.74) is 2.05. The van der Waals surface area contributed by atoms with Crippen LogP contribution >= 0.6 is 0 Å². The maximum absolute atomic E-state index is 13.1.